The van der Waals surface area contributed by atoms with Crippen molar-refractivity contribution in [3.8, 4) is 0 Å². The smallest absolute Gasteiger partial charge is 0.326 e. The molecule has 0 saturated carbocycles. The highest BCUT2D eigenvalue weighted by Gasteiger charge is 2.43. The number of aliphatic carboxylic acids is 1. The van der Waals surface area contributed by atoms with Crippen LogP contribution in [0.3, 0.4) is 0 Å². The second-order valence-electron chi connectivity index (χ2n) is 5.86. The van der Waals surface area contributed by atoms with Gasteiger partial charge in [0.15, 0.2) is 0 Å². The monoisotopic (exact) mass is 294 g/mol. The number of rotatable bonds is 3. The van der Waals surface area contributed by atoms with Gasteiger partial charge in [0.2, 0.25) is 5.82 Å². The van der Waals surface area contributed by atoms with Gasteiger partial charge in [0.25, 0.3) is 0 Å². The highest BCUT2D eigenvalue weighted by Crippen LogP contribution is 2.38. The number of aromatic nitrogens is 1. The number of carbonyl (C=O) groups is 1. The third-order valence-electron chi connectivity index (χ3n) is 3.88. The number of hydrogen-bond acceptors (Lipinski definition) is 6. The molecular weight excluding hydrogens is 276 g/mol. The number of nitro groups is 1. The zero-order valence-electron chi connectivity index (χ0n) is 11.9. The Bertz CT molecular complexity index is 588. The van der Waals surface area contributed by atoms with Crippen LogP contribution in [0.1, 0.15) is 26.7 Å². The van der Waals surface area contributed by atoms with Gasteiger partial charge < -0.3 is 15.7 Å². The van der Waals surface area contributed by atoms with E-state index in [1.807, 2.05) is 13.8 Å². The van der Waals surface area contributed by atoms with Crippen molar-refractivity contribution in [3.63, 3.8) is 0 Å². The Hall–Kier alpha value is -2.38. The van der Waals surface area contributed by atoms with E-state index in [1.165, 1.54) is 12.1 Å². The minimum atomic E-state index is -0.932. The van der Waals surface area contributed by atoms with E-state index >= 15 is 0 Å². The van der Waals surface area contributed by atoms with Crippen LogP contribution < -0.4 is 10.6 Å². The first-order chi connectivity index (χ1) is 9.74. The van der Waals surface area contributed by atoms with Gasteiger partial charge in [0.1, 0.15) is 11.9 Å². The van der Waals surface area contributed by atoms with Crippen molar-refractivity contribution in [2.75, 3.05) is 17.2 Å². The predicted octanol–water partition coefficient (Wildman–Crippen LogP) is 1.65. The molecule has 2 rings (SSSR count). The van der Waals surface area contributed by atoms with Crippen LogP contribution in [-0.4, -0.2) is 33.6 Å². The van der Waals surface area contributed by atoms with Crippen molar-refractivity contribution < 1.29 is 14.8 Å². The SMILES string of the molecule is CC1(C)CCCN(c2ccc([N+](=O)[O-])c(N)n2)C1C(=O)O. The molecule has 114 valence electrons. The molecule has 1 fully saturated rings. The largest absolute Gasteiger partial charge is 0.480 e. The van der Waals surface area contributed by atoms with Gasteiger partial charge in [0, 0.05) is 12.6 Å². The molecule has 0 aromatic carbocycles. The van der Waals surface area contributed by atoms with Crippen molar-refractivity contribution >= 4 is 23.3 Å². The lowest BCUT2D eigenvalue weighted by molar-refractivity contribution is -0.384. The first kappa shape index (κ1) is 15.0. The van der Waals surface area contributed by atoms with E-state index < -0.39 is 22.3 Å². The fraction of sp³-hybridized carbons (Fsp3) is 0.538. The Labute approximate surface area is 121 Å². The highest BCUT2D eigenvalue weighted by atomic mass is 16.6. The zero-order chi connectivity index (χ0) is 15.8. The number of nitrogen functional groups attached to an aromatic ring is 1. The van der Waals surface area contributed by atoms with Crippen molar-refractivity contribution in [1.29, 1.82) is 0 Å². The molecule has 8 nitrogen and oxygen atoms in total. The normalized spacial score (nSPS) is 21.0. The third-order valence-corrected chi connectivity index (χ3v) is 3.88. The molecular formula is C13H18N4O4. The number of nitrogens with two attached hydrogens (primary N) is 1. The summed E-state index contributed by atoms with van der Waals surface area (Å²) in [4.78, 5) is 27.4. The van der Waals surface area contributed by atoms with Gasteiger partial charge in [-0.05, 0) is 24.3 Å². The fourth-order valence-corrected chi connectivity index (χ4v) is 2.88. The molecule has 0 bridgehead atoms. The lowest BCUT2D eigenvalue weighted by atomic mass is 9.76. The van der Waals surface area contributed by atoms with Gasteiger partial charge in [-0.2, -0.15) is 0 Å². The van der Waals surface area contributed by atoms with Crippen LogP contribution in [0.2, 0.25) is 0 Å². The van der Waals surface area contributed by atoms with E-state index in [0.29, 0.717) is 12.4 Å². The van der Waals surface area contributed by atoms with Gasteiger partial charge in [-0.1, -0.05) is 13.8 Å². The Kier molecular flexibility index (Phi) is 3.71. The molecule has 8 heteroatoms. The predicted molar refractivity (Wildman–Crippen MR) is 77.1 cm³/mol. The average Bonchev–Trinajstić information content (AvgIpc) is 2.36. The molecule has 0 amide bonds. The Morgan fingerprint density at radius 3 is 2.76 bits per heavy atom. The van der Waals surface area contributed by atoms with Crippen LogP contribution in [0.15, 0.2) is 12.1 Å². The lowest BCUT2D eigenvalue weighted by Crippen LogP contribution is -2.54. The number of anilines is 2. The summed E-state index contributed by atoms with van der Waals surface area (Å²) in [5, 5.41) is 20.3. The summed E-state index contributed by atoms with van der Waals surface area (Å²) in [6.07, 6.45) is 1.62. The van der Waals surface area contributed by atoms with E-state index in [0.717, 1.165) is 12.8 Å². The van der Waals surface area contributed by atoms with E-state index in [4.69, 9.17) is 5.73 Å². The van der Waals surface area contributed by atoms with Gasteiger partial charge in [-0.3, -0.25) is 10.1 Å². The summed E-state index contributed by atoms with van der Waals surface area (Å²) in [5.41, 5.74) is 4.90. The Morgan fingerprint density at radius 2 is 2.24 bits per heavy atom. The summed E-state index contributed by atoms with van der Waals surface area (Å²) in [5.74, 6) is -0.776. The van der Waals surface area contributed by atoms with Crippen molar-refractivity contribution in [2.45, 2.75) is 32.7 Å². The first-order valence-electron chi connectivity index (χ1n) is 6.64. The van der Waals surface area contributed by atoms with Crippen LogP contribution >= 0.6 is 0 Å². The van der Waals surface area contributed by atoms with Crippen molar-refractivity contribution in [2.24, 2.45) is 5.41 Å². The Morgan fingerprint density at radius 1 is 1.57 bits per heavy atom. The third kappa shape index (κ3) is 2.74. The molecule has 3 N–H and O–H groups in total. The number of nitrogens with zero attached hydrogens (tertiary/aromatic N) is 3. The summed E-state index contributed by atoms with van der Waals surface area (Å²) in [7, 11) is 0. The number of hydrogen-bond donors (Lipinski definition) is 2. The molecule has 0 aliphatic carbocycles. The molecule has 1 saturated heterocycles. The van der Waals surface area contributed by atoms with Crippen LogP contribution in [0, 0.1) is 15.5 Å². The molecule has 1 aliphatic rings. The number of carboxylic acid groups (broad SMARTS) is 1. The molecule has 2 heterocycles. The van der Waals surface area contributed by atoms with E-state index in [2.05, 4.69) is 4.98 Å². The molecule has 21 heavy (non-hydrogen) atoms. The first-order valence-corrected chi connectivity index (χ1v) is 6.64. The van der Waals surface area contributed by atoms with Crippen LogP contribution in [0.5, 0.6) is 0 Å². The van der Waals surface area contributed by atoms with E-state index in [-0.39, 0.29) is 11.5 Å². The van der Waals surface area contributed by atoms with Crippen molar-refractivity contribution in [1.82, 2.24) is 4.98 Å². The second kappa shape index (κ2) is 5.19. The Balaban J connectivity index is 2.41. The summed E-state index contributed by atoms with van der Waals surface area (Å²) in [6.45, 7) is 4.32. The molecule has 0 spiro atoms. The van der Waals surface area contributed by atoms with Gasteiger partial charge >= 0.3 is 11.7 Å². The van der Waals surface area contributed by atoms with Crippen LogP contribution in [0.4, 0.5) is 17.3 Å². The number of carboxylic acids is 1. The molecule has 1 aliphatic heterocycles. The molecule has 1 aromatic rings. The molecule has 1 unspecified atom stereocenters. The topological polar surface area (TPSA) is 123 Å². The molecule has 1 aromatic heterocycles. The zero-order valence-corrected chi connectivity index (χ0v) is 11.9. The quantitative estimate of drug-likeness (QED) is 0.641. The maximum Gasteiger partial charge on any atom is 0.326 e. The maximum absolute atomic E-state index is 11.6. The standard InChI is InChI=1S/C13H18N4O4/c1-13(2)6-3-7-16(10(13)12(18)19)9-5-4-8(17(20)21)11(14)15-9/h4-5,10H,3,6-7H2,1-2H3,(H2,14,15)(H,18,19). The fourth-order valence-electron chi connectivity index (χ4n) is 2.88. The lowest BCUT2D eigenvalue weighted by Gasteiger charge is -2.44. The van der Waals surface area contributed by atoms with Crippen LogP contribution in [0.25, 0.3) is 0 Å². The average molecular weight is 294 g/mol. The highest BCUT2D eigenvalue weighted by molar-refractivity contribution is 5.79. The maximum atomic E-state index is 11.6. The van der Waals surface area contributed by atoms with Gasteiger partial charge in [-0.15, -0.1) is 0 Å². The second-order valence-corrected chi connectivity index (χ2v) is 5.86. The van der Waals surface area contributed by atoms with Crippen LogP contribution in [-0.2, 0) is 4.79 Å². The van der Waals surface area contributed by atoms with E-state index in [1.54, 1.807) is 4.90 Å². The minimum Gasteiger partial charge on any atom is -0.480 e. The molecule has 1 atom stereocenters. The van der Waals surface area contributed by atoms with E-state index in [9.17, 15) is 20.0 Å². The summed E-state index contributed by atoms with van der Waals surface area (Å²) < 4.78 is 0. The molecule has 0 radical (unpaired) electrons. The number of pyridine rings is 1. The van der Waals surface area contributed by atoms with Gasteiger partial charge in [0.05, 0.1) is 4.92 Å². The summed E-state index contributed by atoms with van der Waals surface area (Å²) >= 11 is 0. The van der Waals surface area contributed by atoms with Gasteiger partial charge in [-0.25, -0.2) is 9.78 Å². The van der Waals surface area contributed by atoms with Crippen molar-refractivity contribution in [3.05, 3.63) is 22.2 Å². The minimum absolute atomic E-state index is 0.204. The summed E-state index contributed by atoms with van der Waals surface area (Å²) in [6, 6.07) is 1.98. The number of piperidine rings is 1.